The Kier molecular flexibility index (Phi) is 11.8. The third-order valence-corrected chi connectivity index (χ3v) is 4.04. The van der Waals surface area contributed by atoms with E-state index in [4.69, 9.17) is 4.74 Å². The van der Waals surface area contributed by atoms with E-state index in [0.29, 0.717) is 31.8 Å². The lowest BCUT2D eigenvalue weighted by atomic mass is 10.1. The summed E-state index contributed by atoms with van der Waals surface area (Å²) in [5.41, 5.74) is 2.79. The fourth-order valence-corrected chi connectivity index (χ4v) is 2.66. The molecule has 2 aromatic carbocycles. The number of aliphatic imine (C=N–C) groups is 1. The molecule has 0 unspecified atom stereocenters. The van der Waals surface area contributed by atoms with Crippen molar-refractivity contribution in [3.8, 4) is 5.75 Å². The number of hydrogen-bond acceptors (Lipinski definition) is 3. The summed E-state index contributed by atoms with van der Waals surface area (Å²) in [5, 5.41) is 9.40. The molecule has 0 aliphatic rings. The molecule has 158 valence electrons. The molecule has 0 spiro atoms. The molecule has 2 rings (SSSR count). The average molecular weight is 510 g/mol. The van der Waals surface area contributed by atoms with Crippen LogP contribution in [-0.4, -0.2) is 31.6 Å². The van der Waals surface area contributed by atoms with E-state index in [1.165, 1.54) is 0 Å². The van der Waals surface area contributed by atoms with Crippen molar-refractivity contribution in [2.45, 2.75) is 33.9 Å². The Morgan fingerprint density at radius 1 is 0.931 bits per heavy atom. The highest BCUT2D eigenvalue weighted by Crippen LogP contribution is 2.17. The van der Waals surface area contributed by atoms with E-state index in [1.54, 1.807) is 0 Å². The Hall–Kier alpha value is -2.29. The molecular weight excluding hydrogens is 479 g/mol. The Morgan fingerprint density at radius 3 is 2.28 bits per heavy atom. The van der Waals surface area contributed by atoms with Gasteiger partial charge in [0.1, 0.15) is 5.75 Å². The van der Waals surface area contributed by atoms with E-state index >= 15 is 0 Å². The third kappa shape index (κ3) is 8.31. The quantitative estimate of drug-likeness (QED) is 0.273. The molecule has 0 bridgehead atoms. The maximum Gasteiger partial charge on any atom is 0.251 e. The first-order chi connectivity index (χ1) is 13.7. The lowest BCUT2D eigenvalue weighted by Gasteiger charge is -2.14. The number of amides is 1. The number of para-hydroxylation sites is 1. The van der Waals surface area contributed by atoms with Crippen molar-refractivity contribution < 1.29 is 9.53 Å². The molecule has 7 heteroatoms. The first kappa shape index (κ1) is 24.7. The number of nitrogens with zero attached hydrogens (tertiary/aromatic N) is 1. The zero-order valence-corrected chi connectivity index (χ0v) is 19.7. The molecule has 3 N–H and O–H groups in total. The van der Waals surface area contributed by atoms with Gasteiger partial charge in [0.25, 0.3) is 5.91 Å². The van der Waals surface area contributed by atoms with Crippen LogP contribution in [0.25, 0.3) is 0 Å². The molecule has 0 saturated heterocycles. The zero-order valence-electron chi connectivity index (χ0n) is 17.3. The number of guanidine groups is 1. The topological polar surface area (TPSA) is 74.8 Å². The molecule has 29 heavy (non-hydrogen) atoms. The van der Waals surface area contributed by atoms with E-state index in [1.807, 2.05) is 69.3 Å². The van der Waals surface area contributed by atoms with Gasteiger partial charge in [0, 0.05) is 30.8 Å². The number of rotatable bonds is 9. The van der Waals surface area contributed by atoms with Gasteiger partial charge >= 0.3 is 0 Å². The van der Waals surface area contributed by atoms with Crippen molar-refractivity contribution in [3.63, 3.8) is 0 Å². The summed E-state index contributed by atoms with van der Waals surface area (Å²) in [4.78, 5) is 16.5. The number of carbonyl (C=O) groups excluding carboxylic acids is 1. The van der Waals surface area contributed by atoms with Crippen LogP contribution in [0.1, 0.15) is 42.3 Å². The molecule has 0 saturated carbocycles. The minimum atomic E-state index is -0.0551. The Balaban J connectivity index is 0.00000420. The second kappa shape index (κ2) is 13.8. The highest BCUT2D eigenvalue weighted by atomic mass is 127. The Labute approximate surface area is 190 Å². The Bertz CT molecular complexity index is 779. The number of benzene rings is 2. The molecule has 0 aromatic heterocycles. The minimum absolute atomic E-state index is 0. The molecule has 6 nitrogen and oxygen atoms in total. The number of halogens is 1. The molecular formula is C22H31IN4O2. The zero-order chi connectivity index (χ0) is 20.2. The van der Waals surface area contributed by atoms with Crippen molar-refractivity contribution in [1.82, 2.24) is 16.0 Å². The normalized spacial score (nSPS) is 10.7. The largest absolute Gasteiger partial charge is 0.494 e. The van der Waals surface area contributed by atoms with Crippen LogP contribution >= 0.6 is 24.0 Å². The van der Waals surface area contributed by atoms with Gasteiger partial charge in [0.15, 0.2) is 5.96 Å². The van der Waals surface area contributed by atoms with Crippen LogP contribution in [0.3, 0.4) is 0 Å². The monoisotopic (exact) mass is 510 g/mol. The molecule has 1 amide bonds. The van der Waals surface area contributed by atoms with Crippen molar-refractivity contribution in [3.05, 3.63) is 65.2 Å². The van der Waals surface area contributed by atoms with Gasteiger partial charge in [-0.25, -0.2) is 4.99 Å². The summed E-state index contributed by atoms with van der Waals surface area (Å²) in [6, 6.07) is 15.5. The van der Waals surface area contributed by atoms with Crippen LogP contribution in [0.15, 0.2) is 53.5 Å². The van der Waals surface area contributed by atoms with Crippen LogP contribution in [-0.2, 0) is 13.1 Å². The van der Waals surface area contributed by atoms with E-state index in [0.717, 1.165) is 29.4 Å². The summed E-state index contributed by atoms with van der Waals surface area (Å²) in [6.45, 7) is 9.10. The fraction of sp³-hybridized carbons (Fsp3) is 0.364. The molecule has 2 aromatic rings. The smallest absolute Gasteiger partial charge is 0.251 e. The van der Waals surface area contributed by atoms with Gasteiger partial charge in [-0.05, 0) is 44.5 Å². The fourth-order valence-electron chi connectivity index (χ4n) is 2.66. The molecule has 0 aliphatic heterocycles. The van der Waals surface area contributed by atoms with Crippen molar-refractivity contribution in [2.24, 2.45) is 4.99 Å². The van der Waals surface area contributed by atoms with E-state index in [-0.39, 0.29) is 29.9 Å². The number of ether oxygens (including phenoxy) is 1. The third-order valence-electron chi connectivity index (χ3n) is 4.04. The SMILES string of the molecule is CCNC(=O)c1ccc(CN=C(NCC)NCc2ccccc2OCC)cc1.I. The molecule has 0 aliphatic carbocycles. The van der Waals surface area contributed by atoms with E-state index in [2.05, 4.69) is 20.9 Å². The molecule has 0 atom stereocenters. The van der Waals surface area contributed by atoms with Gasteiger partial charge in [-0.2, -0.15) is 0 Å². The minimum Gasteiger partial charge on any atom is -0.494 e. The number of hydrogen-bond donors (Lipinski definition) is 3. The first-order valence-electron chi connectivity index (χ1n) is 9.77. The van der Waals surface area contributed by atoms with Gasteiger partial charge in [-0.1, -0.05) is 30.3 Å². The van der Waals surface area contributed by atoms with Gasteiger partial charge < -0.3 is 20.7 Å². The summed E-state index contributed by atoms with van der Waals surface area (Å²) >= 11 is 0. The molecule has 0 radical (unpaired) electrons. The predicted octanol–water partition coefficient (Wildman–Crippen LogP) is 3.71. The second-order valence-corrected chi connectivity index (χ2v) is 6.15. The highest BCUT2D eigenvalue weighted by Gasteiger charge is 2.05. The highest BCUT2D eigenvalue weighted by molar-refractivity contribution is 14.0. The maximum absolute atomic E-state index is 11.8. The lowest BCUT2D eigenvalue weighted by molar-refractivity contribution is 0.0956. The maximum atomic E-state index is 11.8. The predicted molar refractivity (Wildman–Crippen MR) is 129 cm³/mol. The average Bonchev–Trinajstić information content (AvgIpc) is 2.72. The number of nitrogens with one attached hydrogen (secondary N) is 3. The van der Waals surface area contributed by atoms with Crippen LogP contribution in [0.5, 0.6) is 5.75 Å². The van der Waals surface area contributed by atoms with Crippen LogP contribution < -0.4 is 20.7 Å². The lowest BCUT2D eigenvalue weighted by Crippen LogP contribution is -2.36. The molecule has 0 fully saturated rings. The summed E-state index contributed by atoms with van der Waals surface area (Å²) in [5.74, 6) is 1.57. The standard InChI is InChI=1S/C22H30N4O2.HI/c1-4-23-21(27)18-13-11-17(12-14-18)15-25-22(24-5-2)26-16-19-9-7-8-10-20(19)28-6-3;/h7-14H,4-6,15-16H2,1-3H3,(H,23,27)(H2,24,25,26);1H. The summed E-state index contributed by atoms with van der Waals surface area (Å²) in [6.07, 6.45) is 0. The van der Waals surface area contributed by atoms with Crippen molar-refractivity contribution in [2.75, 3.05) is 19.7 Å². The van der Waals surface area contributed by atoms with Gasteiger partial charge in [0.05, 0.1) is 13.2 Å². The van der Waals surface area contributed by atoms with Gasteiger partial charge in [0.2, 0.25) is 0 Å². The van der Waals surface area contributed by atoms with Crippen molar-refractivity contribution in [1.29, 1.82) is 0 Å². The Morgan fingerprint density at radius 2 is 1.62 bits per heavy atom. The molecule has 0 heterocycles. The van der Waals surface area contributed by atoms with Gasteiger partial charge in [-0.3, -0.25) is 4.79 Å². The van der Waals surface area contributed by atoms with E-state index < -0.39 is 0 Å². The van der Waals surface area contributed by atoms with Crippen LogP contribution in [0.2, 0.25) is 0 Å². The van der Waals surface area contributed by atoms with Crippen LogP contribution in [0.4, 0.5) is 0 Å². The summed E-state index contributed by atoms with van der Waals surface area (Å²) in [7, 11) is 0. The second-order valence-electron chi connectivity index (χ2n) is 6.15. The van der Waals surface area contributed by atoms with Crippen molar-refractivity contribution >= 4 is 35.8 Å². The van der Waals surface area contributed by atoms with E-state index in [9.17, 15) is 4.79 Å². The van der Waals surface area contributed by atoms with Gasteiger partial charge in [-0.15, -0.1) is 24.0 Å². The summed E-state index contributed by atoms with van der Waals surface area (Å²) < 4.78 is 5.67. The number of carbonyl (C=O) groups is 1. The first-order valence-corrected chi connectivity index (χ1v) is 9.77. The van der Waals surface area contributed by atoms with Crippen LogP contribution in [0, 0.1) is 0 Å².